The van der Waals surface area contributed by atoms with Gasteiger partial charge in [0.1, 0.15) is 16.5 Å². The normalized spacial score (nSPS) is 16.7. The van der Waals surface area contributed by atoms with Crippen molar-refractivity contribution in [3.05, 3.63) is 24.0 Å². The first-order valence-electron chi connectivity index (χ1n) is 5.60. The summed E-state index contributed by atoms with van der Waals surface area (Å²) in [5.74, 6) is -0.689. The van der Waals surface area contributed by atoms with Crippen LogP contribution in [0.1, 0.15) is 19.3 Å². The van der Waals surface area contributed by atoms with Crippen LogP contribution < -0.4 is 4.74 Å². The van der Waals surface area contributed by atoms with Crippen molar-refractivity contribution < 1.29 is 17.5 Å². The first-order valence-corrected chi connectivity index (χ1v) is 7.91. The van der Waals surface area contributed by atoms with E-state index in [1.165, 1.54) is 6.07 Å². The molecule has 0 saturated heterocycles. The maximum atomic E-state index is 13.1. The molecule has 1 saturated carbocycles. The first-order chi connectivity index (χ1) is 8.86. The lowest BCUT2D eigenvalue weighted by Gasteiger charge is -2.14. The van der Waals surface area contributed by atoms with Gasteiger partial charge >= 0.3 is 0 Å². The highest BCUT2D eigenvalue weighted by Gasteiger charge is 2.43. The van der Waals surface area contributed by atoms with Gasteiger partial charge < -0.3 is 4.74 Å². The highest BCUT2D eigenvalue weighted by molar-refractivity contribution is 8.13. The number of nitrogens with zero attached hydrogens (tertiary/aromatic N) is 1. The molecular weight excluding hydrogens is 293 g/mol. The van der Waals surface area contributed by atoms with E-state index in [4.69, 9.17) is 20.7 Å². The Morgan fingerprint density at radius 1 is 1.47 bits per heavy atom. The number of hydrogen-bond acceptors (Lipinski definition) is 4. The van der Waals surface area contributed by atoms with E-state index in [-0.39, 0.29) is 22.7 Å². The second-order valence-electron chi connectivity index (χ2n) is 4.65. The van der Waals surface area contributed by atoms with E-state index < -0.39 is 14.9 Å². The predicted octanol–water partition coefficient (Wildman–Crippen LogP) is 2.83. The summed E-state index contributed by atoms with van der Waals surface area (Å²) < 4.78 is 41.2. The third kappa shape index (κ3) is 3.37. The molecule has 1 aliphatic rings. The van der Waals surface area contributed by atoms with Crippen LogP contribution in [-0.4, -0.2) is 15.0 Å². The number of hydrogen-bond donors (Lipinski definition) is 0. The van der Waals surface area contributed by atoms with Crippen LogP contribution in [0.5, 0.6) is 5.75 Å². The third-order valence-corrected chi connectivity index (χ3v) is 4.46. The Hall–Kier alpha value is -1.32. The zero-order valence-electron chi connectivity index (χ0n) is 9.90. The highest BCUT2D eigenvalue weighted by Crippen LogP contribution is 2.49. The fourth-order valence-corrected chi connectivity index (χ4v) is 2.72. The number of halogens is 2. The van der Waals surface area contributed by atoms with E-state index in [1.54, 1.807) is 0 Å². The lowest BCUT2D eigenvalue weighted by Crippen LogP contribution is -2.13. The molecule has 1 aromatic carbocycles. The van der Waals surface area contributed by atoms with Crippen molar-refractivity contribution >= 4 is 19.7 Å². The minimum atomic E-state index is -4.07. The number of benzene rings is 1. The smallest absolute Gasteiger partial charge is 0.265 e. The highest BCUT2D eigenvalue weighted by atomic mass is 35.7. The molecule has 0 unspecified atom stereocenters. The monoisotopic (exact) mass is 303 g/mol. The Kier molecular flexibility index (Phi) is 3.70. The van der Waals surface area contributed by atoms with E-state index in [9.17, 15) is 12.8 Å². The Morgan fingerprint density at radius 3 is 2.68 bits per heavy atom. The van der Waals surface area contributed by atoms with Gasteiger partial charge in [-0.1, -0.05) is 0 Å². The largest absolute Gasteiger partial charge is 0.492 e. The molecule has 1 aliphatic carbocycles. The summed E-state index contributed by atoms with van der Waals surface area (Å²) >= 11 is 0. The zero-order valence-corrected chi connectivity index (χ0v) is 11.5. The Labute approximate surface area is 115 Å². The van der Waals surface area contributed by atoms with Crippen LogP contribution in [0, 0.1) is 22.6 Å². The van der Waals surface area contributed by atoms with E-state index in [0.717, 1.165) is 25.0 Å². The second kappa shape index (κ2) is 4.99. The summed E-state index contributed by atoms with van der Waals surface area (Å²) in [5.41, 5.74) is -0.198. The standard InChI is InChI=1S/C12H11ClFNO3S/c13-19(16,17)11-7-9(14)1-2-10(11)18-8-12(3-4-12)5-6-15/h1-2,7H,3-5,8H2. The minimum Gasteiger partial charge on any atom is -0.492 e. The fourth-order valence-electron chi connectivity index (χ4n) is 1.74. The molecular formula is C12H11ClFNO3S. The molecule has 0 atom stereocenters. The SMILES string of the molecule is N#CCC1(COc2ccc(F)cc2S(=O)(=O)Cl)CC1. The molecule has 1 aromatic rings. The van der Waals surface area contributed by atoms with Crippen LogP contribution in [0.3, 0.4) is 0 Å². The van der Waals surface area contributed by atoms with Gasteiger partial charge in [-0.05, 0) is 31.0 Å². The molecule has 102 valence electrons. The van der Waals surface area contributed by atoms with Crippen molar-refractivity contribution in [2.75, 3.05) is 6.61 Å². The van der Waals surface area contributed by atoms with Crippen LogP contribution in [0.15, 0.2) is 23.1 Å². The summed E-state index contributed by atoms with van der Waals surface area (Å²) in [7, 11) is 1.16. The van der Waals surface area contributed by atoms with Crippen LogP contribution in [-0.2, 0) is 9.05 Å². The summed E-state index contributed by atoms with van der Waals surface area (Å²) in [4.78, 5) is -0.387. The van der Waals surface area contributed by atoms with Gasteiger partial charge in [0, 0.05) is 22.5 Å². The van der Waals surface area contributed by atoms with E-state index in [1.807, 2.05) is 0 Å². The van der Waals surface area contributed by atoms with Crippen LogP contribution in [0.25, 0.3) is 0 Å². The first kappa shape index (κ1) is 14.1. The van der Waals surface area contributed by atoms with Crippen molar-refractivity contribution in [3.63, 3.8) is 0 Å². The molecule has 1 fully saturated rings. The molecule has 0 N–H and O–H groups in total. The van der Waals surface area contributed by atoms with Gasteiger partial charge in [0.2, 0.25) is 0 Å². The van der Waals surface area contributed by atoms with Crippen molar-refractivity contribution in [2.24, 2.45) is 5.41 Å². The summed E-state index contributed by atoms with van der Waals surface area (Å²) in [5, 5.41) is 8.69. The van der Waals surface area contributed by atoms with Gasteiger partial charge in [-0.2, -0.15) is 5.26 Å². The molecule has 0 spiro atoms. The van der Waals surface area contributed by atoms with Crippen molar-refractivity contribution in [1.82, 2.24) is 0 Å². The molecule has 0 bridgehead atoms. The summed E-state index contributed by atoms with van der Waals surface area (Å²) in [6.07, 6.45) is 2.09. The Balaban J connectivity index is 2.20. The van der Waals surface area contributed by atoms with Gasteiger partial charge in [-0.15, -0.1) is 0 Å². The predicted molar refractivity (Wildman–Crippen MR) is 66.8 cm³/mol. The average Bonchev–Trinajstić information content (AvgIpc) is 3.07. The molecule has 2 rings (SSSR count). The number of rotatable bonds is 5. The molecule has 0 radical (unpaired) electrons. The van der Waals surface area contributed by atoms with Crippen LogP contribution >= 0.6 is 10.7 Å². The molecule has 0 aliphatic heterocycles. The molecule has 0 aromatic heterocycles. The van der Waals surface area contributed by atoms with Gasteiger partial charge in [0.25, 0.3) is 9.05 Å². The lowest BCUT2D eigenvalue weighted by molar-refractivity contribution is 0.231. The molecule has 0 amide bonds. The van der Waals surface area contributed by atoms with Gasteiger partial charge in [-0.3, -0.25) is 0 Å². The van der Waals surface area contributed by atoms with Crippen molar-refractivity contribution in [1.29, 1.82) is 5.26 Å². The molecule has 7 heteroatoms. The number of nitriles is 1. The van der Waals surface area contributed by atoms with E-state index in [0.29, 0.717) is 6.42 Å². The van der Waals surface area contributed by atoms with Gasteiger partial charge in [-0.25, -0.2) is 12.8 Å². The van der Waals surface area contributed by atoms with E-state index in [2.05, 4.69) is 6.07 Å². The van der Waals surface area contributed by atoms with Crippen molar-refractivity contribution in [3.8, 4) is 11.8 Å². The van der Waals surface area contributed by atoms with E-state index >= 15 is 0 Å². The van der Waals surface area contributed by atoms with Crippen LogP contribution in [0.2, 0.25) is 0 Å². The third-order valence-electron chi connectivity index (χ3n) is 3.11. The fraction of sp³-hybridized carbons (Fsp3) is 0.417. The van der Waals surface area contributed by atoms with Gasteiger partial charge in [0.05, 0.1) is 12.7 Å². The van der Waals surface area contributed by atoms with Gasteiger partial charge in [0.15, 0.2) is 0 Å². The topological polar surface area (TPSA) is 67.2 Å². The minimum absolute atomic E-state index is 0.0145. The molecule has 0 heterocycles. The number of ether oxygens (including phenoxy) is 1. The molecule has 4 nitrogen and oxygen atoms in total. The summed E-state index contributed by atoms with van der Waals surface area (Å²) in [6.45, 7) is 0.228. The Bertz CT molecular complexity index is 635. The second-order valence-corrected chi connectivity index (χ2v) is 7.19. The Morgan fingerprint density at radius 2 is 2.16 bits per heavy atom. The lowest BCUT2D eigenvalue weighted by atomic mass is 10.1. The molecule has 19 heavy (non-hydrogen) atoms. The maximum absolute atomic E-state index is 13.1. The quantitative estimate of drug-likeness (QED) is 0.784. The zero-order chi connectivity index (χ0) is 14.1. The average molecular weight is 304 g/mol. The maximum Gasteiger partial charge on any atom is 0.265 e. The van der Waals surface area contributed by atoms with Crippen LogP contribution in [0.4, 0.5) is 4.39 Å². The summed E-state index contributed by atoms with van der Waals surface area (Å²) in [6, 6.07) is 5.23. The van der Waals surface area contributed by atoms with Crippen molar-refractivity contribution in [2.45, 2.75) is 24.2 Å².